The number of hydrogen-bond donors (Lipinski definition) is 1. The Morgan fingerprint density at radius 2 is 1.05 bits per heavy atom. The van der Waals surface area contributed by atoms with E-state index in [2.05, 4.69) is 0 Å². The summed E-state index contributed by atoms with van der Waals surface area (Å²) in [5, 5.41) is 0. The molecule has 0 heterocycles. The Morgan fingerprint density at radius 1 is 0.632 bits per heavy atom. The number of halogens is 9. The van der Waals surface area contributed by atoms with Crippen LogP contribution in [-0.2, 0) is 18.5 Å². The average molecular weight is 297 g/mol. The van der Waals surface area contributed by atoms with Gasteiger partial charge in [-0.2, -0.15) is 39.5 Å². The first-order chi connectivity index (χ1) is 8.26. The van der Waals surface area contributed by atoms with Crippen molar-refractivity contribution in [2.24, 2.45) is 0 Å². The van der Waals surface area contributed by atoms with Crippen LogP contribution in [0, 0.1) is 0 Å². The maximum atomic E-state index is 12.5. The van der Waals surface area contributed by atoms with Gasteiger partial charge in [-0.05, 0) is 12.1 Å². The largest absolute Gasteiger partial charge is 0.418 e. The lowest BCUT2D eigenvalue weighted by molar-refractivity contribution is -0.174. The highest BCUT2D eigenvalue weighted by Gasteiger charge is 2.51. The fourth-order valence-corrected chi connectivity index (χ4v) is 1.45. The van der Waals surface area contributed by atoms with Gasteiger partial charge in [0, 0.05) is 5.69 Å². The van der Waals surface area contributed by atoms with E-state index in [4.69, 9.17) is 5.73 Å². The molecule has 0 bridgehead atoms. The summed E-state index contributed by atoms with van der Waals surface area (Å²) >= 11 is 0. The third-order valence-corrected chi connectivity index (χ3v) is 2.11. The summed E-state index contributed by atoms with van der Waals surface area (Å²) in [6, 6.07) is 0.00822. The van der Waals surface area contributed by atoms with Crippen LogP contribution in [0.3, 0.4) is 0 Å². The molecule has 0 aromatic heterocycles. The highest BCUT2D eigenvalue weighted by molar-refractivity contribution is 5.57. The molecule has 10 heteroatoms. The first-order valence-corrected chi connectivity index (χ1v) is 4.40. The van der Waals surface area contributed by atoms with E-state index in [0.717, 1.165) is 0 Å². The van der Waals surface area contributed by atoms with Gasteiger partial charge in [-0.3, -0.25) is 0 Å². The first kappa shape index (κ1) is 15.4. The van der Waals surface area contributed by atoms with Crippen molar-refractivity contribution >= 4 is 5.69 Å². The zero-order valence-electron chi connectivity index (χ0n) is 8.63. The van der Waals surface area contributed by atoms with Crippen LogP contribution in [-0.4, -0.2) is 0 Å². The molecule has 1 rings (SSSR count). The van der Waals surface area contributed by atoms with E-state index in [1.807, 2.05) is 0 Å². The van der Waals surface area contributed by atoms with Gasteiger partial charge in [0.1, 0.15) is 0 Å². The number of alkyl halides is 9. The van der Waals surface area contributed by atoms with Crippen molar-refractivity contribution in [2.75, 3.05) is 5.73 Å². The second kappa shape index (κ2) is 4.20. The Hall–Kier alpha value is -1.61. The zero-order valence-corrected chi connectivity index (χ0v) is 8.63. The van der Waals surface area contributed by atoms with Crippen molar-refractivity contribution in [3.05, 3.63) is 28.8 Å². The second-order valence-corrected chi connectivity index (χ2v) is 3.45. The summed E-state index contributed by atoms with van der Waals surface area (Å²) in [5.74, 6) is 0. The van der Waals surface area contributed by atoms with Crippen LogP contribution in [0.4, 0.5) is 45.2 Å². The number of nitrogen functional groups attached to an aromatic ring is 1. The molecule has 0 spiro atoms. The number of hydrogen-bond acceptors (Lipinski definition) is 1. The van der Waals surface area contributed by atoms with Gasteiger partial charge < -0.3 is 5.73 Å². The van der Waals surface area contributed by atoms with Crippen LogP contribution in [0.25, 0.3) is 0 Å². The molecule has 2 N–H and O–H groups in total. The van der Waals surface area contributed by atoms with Crippen molar-refractivity contribution in [3.63, 3.8) is 0 Å². The van der Waals surface area contributed by atoms with Crippen LogP contribution in [0.2, 0.25) is 0 Å². The fourth-order valence-electron chi connectivity index (χ4n) is 1.45. The van der Waals surface area contributed by atoms with Crippen LogP contribution in [0.15, 0.2) is 12.1 Å². The summed E-state index contributed by atoms with van der Waals surface area (Å²) in [6.45, 7) is 0. The molecule has 19 heavy (non-hydrogen) atoms. The molecule has 0 amide bonds. The normalized spacial score (nSPS) is 13.7. The van der Waals surface area contributed by atoms with Gasteiger partial charge in [-0.15, -0.1) is 0 Å². The molecular formula is C9H4F9N. The monoisotopic (exact) mass is 297 g/mol. The van der Waals surface area contributed by atoms with E-state index in [1.54, 1.807) is 0 Å². The molecule has 108 valence electrons. The van der Waals surface area contributed by atoms with Gasteiger partial charge in [0.05, 0.1) is 16.7 Å². The Morgan fingerprint density at radius 3 is 1.37 bits per heavy atom. The minimum Gasteiger partial charge on any atom is -0.398 e. The lowest BCUT2D eigenvalue weighted by Gasteiger charge is -2.21. The van der Waals surface area contributed by atoms with Crippen LogP contribution >= 0.6 is 0 Å². The van der Waals surface area contributed by atoms with E-state index >= 15 is 0 Å². The minimum atomic E-state index is -5.84. The molecule has 0 radical (unpaired) electrons. The van der Waals surface area contributed by atoms with Gasteiger partial charge in [-0.25, -0.2) is 0 Å². The van der Waals surface area contributed by atoms with E-state index in [9.17, 15) is 39.5 Å². The molecule has 0 atom stereocenters. The van der Waals surface area contributed by atoms with Crippen molar-refractivity contribution in [1.29, 1.82) is 0 Å². The van der Waals surface area contributed by atoms with Gasteiger partial charge >= 0.3 is 18.5 Å². The van der Waals surface area contributed by atoms with Crippen molar-refractivity contribution in [2.45, 2.75) is 18.5 Å². The number of anilines is 1. The average Bonchev–Trinajstić information content (AvgIpc) is 2.11. The molecule has 0 saturated carbocycles. The summed E-state index contributed by atoms with van der Waals surface area (Å²) in [7, 11) is 0. The fraction of sp³-hybridized carbons (Fsp3) is 0.333. The number of rotatable bonds is 0. The maximum absolute atomic E-state index is 12.5. The van der Waals surface area contributed by atoms with Crippen LogP contribution in [0.5, 0.6) is 0 Å². The molecule has 0 saturated heterocycles. The van der Waals surface area contributed by atoms with Gasteiger partial charge in [0.2, 0.25) is 0 Å². The topological polar surface area (TPSA) is 26.0 Å². The molecule has 1 aromatic rings. The van der Waals surface area contributed by atoms with Crippen molar-refractivity contribution in [3.8, 4) is 0 Å². The van der Waals surface area contributed by atoms with Gasteiger partial charge in [-0.1, -0.05) is 0 Å². The highest BCUT2D eigenvalue weighted by atomic mass is 19.4. The van der Waals surface area contributed by atoms with Gasteiger partial charge in [0.25, 0.3) is 0 Å². The van der Waals surface area contributed by atoms with Crippen LogP contribution < -0.4 is 5.73 Å². The Kier molecular flexibility index (Phi) is 3.42. The predicted octanol–water partition coefficient (Wildman–Crippen LogP) is 4.33. The van der Waals surface area contributed by atoms with Crippen molar-refractivity contribution in [1.82, 2.24) is 0 Å². The first-order valence-electron chi connectivity index (χ1n) is 4.40. The highest BCUT2D eigenvalue weighted by Crippen LogP contribution is 2.48. The molecule has 1 nitrogen and oxygen atoms in total. The number of benzene rings is 1. The minimum absolute atomic E-state index is 0.132. The molecule has 0 fully saturated rings. The summed E-state index contributed by atoms with van der Waals surface area (Å²) < 4.78 is 112. The second-order valence-electron chi connectivity index (χ2n) is 3.45. The van der Waals surface area contributed by atoms with E-state index in [0.29, 0.717) is 0 Å². The molecule has 1 aromatic carbocycles. The molecule has 0 aliphatic heterocycles. The third kappa shape index (κ3) is 3.04. The Balaban J connectivity index is 3.82. The van der Waals surface area contributed by atoms with E-state index in [-0.39, 0.29) is 12.1 Å². The van der Waals surface area contributed by atoms with Crippen LogP contribution in [0.1, 0.15) is 16.7 Å². The lowest BCUT2D eigenvalue weighted by Crippen LogP contribution is -2.24. The number of nitrogens with two attached hydrogens (primary N) is 1. The molecule has 0 unspecified atom stereocenters. The Bertz CT molecular complexity index is 480. The maximum Gasteiger partial charge on any atom is 0.418 e. The summed E-state index contributed by atoms with van der Waals surface area (Å²) in [4.78, 5) is 0. The molecule has 0 aliphatic rings. The predicted molar refractivity (Wildman–Crippen MR) is 45.9 cm³/mol. The summed E-state index contributed by atoms with van der Waals surface area (Å²) in [5.41, 5.74) is -4.48. The standard InChI is InChI=1S/C9H4F9N/c10-7(11,12)3-1-2-4(19)6(9(16,17)18)5(3)8(13,14)15/h1-2H,19H2. The van der Waals surface area contributed by atoms with Crippen molar-refractivity contribution < 1.29 is 39.5 Å². The van der Waals surface area contributed by atoms with E-state index in [1.165, 1.54) is 0 Å². The van der Waals surface area contributed by atoms with Gasteiger partial charge in [0.15, 0.2) is 0 Å². The smallest absolute Gasteiger partial charge is 0.398 e. The molecular weight excluding hydrogens is 293 g/mol. The zero-order chi connectivity index (χ0) is 15.2. The molecule has 0 aliphatic carbocycles. The SMILES string of the molecule is Nc1ccc(C(F)(F)F)c(C(F)(F)F)c1C(F)(F)F. The summed E-state index contributed by atoms with van der Waals surface area (Å²) in [6.07, 6.45) is -17.1. The lowest BCUT2D eigenvalue weighted by atomic mass is 9.97. The Labute approximate surface area is 99.4 Å². The van der Waals surface area contributed by atoms with E-state index < -0.39 is 40.9 Å². The quantitative estimate of drug-likeness (QED) is 0.560. The third-order valence-electron chi connectivity index (χ3n) is 2.11.